The zero-order valence-corrected chi connectivity index (χ0v) is 16.3. The van der Waals surface area contributed by atoms with Crippen molar-refractivity contribution in [3.63, 3.8) is 0 Å². The van der Waals surface area contributed by atoms with E-state index in [1.54, 1.807) is 19.1 Å². The summed E-state index contributed by atoms with van der Waals surface area (Å²) in [5, 5.41) is 6.66. The highest BCUT2D eigenvalue weighted by atomic mass is 19.1. The van der Waals surface area contributed by atoms with E-state index >= 15 is 0 Å². The molecule has 1 amide bonds. The van der Waals surface area contributed by atoms with Crippen molar-refractivity contribution in [3.8, 4) is 16.9 Å². The quantitative estimate of drug-likeness (QED) is 0.455. The number of carbonyl (C=O) groups excluding carboxylic acids is 1. The number of rotatable bonds is 6. The minimum Gasteiger partial charge on any atom is -0.486 e. The van der Waals surface area contributed by atoms with Gasteiger partial charge in [-0.15, -0.1) is 0 Å². The third-order valence-electron chi connectivity index (χ3n) is 4.66. The molecule has 1 aromatic heterocycles. The van der Waals surface area contributed by atoms with Crippen LogP contribution in [0.3, 0.4) is 0 Å². The van der Waals surface area contributed by atoms with Crippen LogP contribution in [0.5, 0.6) is 5.75 Å². The van der Waals surface area contributed by atoms with E-state index in [0.29, 0.717) is 17.0 Å². The van der Waals surface area contributed by atoms with Crippen LogP contribution < -0.4 is 10.1 Å². The highest BCUT2D eigenvalue weighted by Crippen LogP contribution is 2.23. The van der Waals surface area contributed by atoms with Gasteiger partial charge in [0.25, 0.3) is 5.91 Å². The van der Waals surface area contributed by atoms with Crippen molar-refractivity contribution in [1.82, 2.24) is 5.16 Å². The Morgan fingerprint density at radius 1 is 0.967 bits per heavy atom. The van der Waals surface area contributed by atoms with E-state index in [2.05, 4.69) is 10.5 Å². The number of para-hydroxylation sites is 1. The van der Waals surface area contributed by atoms with E-state index < -0.39 is 11.7 Å². The normalized spacial score (nSPS) is 10.6. The maximum atomic E-state index is 13.8. The second-order valence-electron chi connectivity index (χ2n) is 6.68. The van der Waals surface area contributed by atoms with Gasteiger partial charge < -0.3 is 14.6 Å². The molecule has 0 spiro atoms. The Labute approximate surface area is 173 Å². The Kier molecular flexibility index (Phi) is 5.57. The number of nitrogens with zero attached hydrogens (tertiary/aromatic N) is 1. The van der Waals surface area contributed by atoms with Crippen molar-refractivity contribution in [3.05, 3.63) is 102 Å². The molecule has 30 heavy (non-hydrogen) atoms. The monoisotopic (exact) mass is 402 g/mol. The van der Waals surface area contributed by atoms with Gasteiger partial charge in [-0.25, -0.2) is 4.39 Å². The first kappa shape index (κ1) is 19.4. The Bertz CT molecular complexity index is 1150. The van der Waals surface area contributed by atoms with Crippen LogP contribution in [-0.4, -0.2) is 11.1 Å². The van der Waals surface area contributed by atoms with Crippen molar-refractivity contribution in [1.29, 1.82) is 0 Å². The van der Waals surface area contributed by atoms with E-state index in [0.717, 1.165) is 11.1 Å². The molecule has 0 atom stereocenters. The van der Waals surface area contributed by atoms with Gasteiger partial charge in [-0.3, -0.25) is 4.79 Å². The number of nitrogens with one attached hydrogen (secondary N) is 1. The Morgan fingerprint density at radius 2 is 1.63 bits per heavy atom. The number of hydrogen-bond donors (Lipinski definition) is 1. The molecule has 0 unspecified atom stereocenters. The van der Waals surface area contributed by atoms with E-state index in [9.17, 15) is 9.18 Å². The summed E-state index contributed by atoms with van der Waals surface area (Å²) >= 11 is 0. The van der Waals surface area contributed by atoms with Crippen LogP contribution in [-0.2, 0) is 6.61 Å². The number of benzene rings is 3. The maximum absolute atomic E-state index is 13.8. The van der Waals surface area contributed by atoms with Crippen molar-refractivity contribution in [2.45, 2.75) is 13.5 Å². The van der Waals surface area contributed by atoms with E-state index in [1.807, 2.05) is 54.6 Å². The molecule has 4 aromatic rings. The minimum atomic E-state index is -0.476. The molecule has 0 aliphatic rings. The van der Waals surface area contributed by atoms with Crippen LogP contribution in [0.2, 0.25) is 0 Å². The molecule has 1 N–H and O–H groups in total. The largest absolute Gasteiger partial charge is 0.486 e. The molecule has 0 radical (unpaired) electrons. The molecular weight excluding hydrogens is 383 g/mol. The number of amides is 1. The molecule has 1 heterocycles. The highest BCUT2D eigenvalue weighted by molar-refractivity contribution is 6.04. The summed E-state index contributed by atoms with van der Waals surface area (Å²) in [6.45, 7) is 1.64. The smallest absolute Gasteiger partial charge is 0.278 e. The van der Waals surface area contributed by atoms with Gasteiger partial charge in [0.1, 0.15) is 12.4 Å². The highest BCUT2D eigenvalue weighted by Gasteiger charge is 2.21. The zero-order chi connectivity index (χ0) is 20.9. The van der Waals surface area contributed by atoms with Gasteiger partial charge in [-0.1, -0.05) is 59.8 Å². The Morgan fingerprint density at radius 3 is 2.37 bits per heavy atom. The summed E-state index contributed by atoms with van der Waals surface area (Å²) in [5.41, 5.74) is 3.34. The van der Waals surface area contributed by atoms with Gasteiger partial charge in [-0.2, -0.15) is 0 Å². The first-order valence-electron chi connectivity index (χ1n) is 9.41. The van der Waals surface area contributed by atoms with Crippen LogP contribution in [0.4, 0.5) is 10.1 Å². The Balaban J connectivity index is 1.47. The molecule has 0 bridgehead atoms. The number of halogens is 1. The number of aryl methyl sites for hydroxylation is 1. The number of ether oxygens (including phenoxy) is 1. The lowest BCUT2D eigenvalue weighted by Crippen LogP contribution is -2.15. The molecule has 3 aromatic carbocycles. The van der Waals surface area contributed by atoms with Crippen molar-refractivity contribution in [2.24, 2.45) is 0 Å². The van der Waals surface area contributed by atoms with E-state index in [4.69, 9.17) is 9.26 Å². The molecular formula is C24H19FN2O3. The second-order valence-corrected chi connectivity index (χ2v) is 6.68. The van der Waals surface area contributed by atoms with Crippen LogP contribution >= 0.6 is 0 Å². The molecule has 150 valence electrons. The summed E-state index contributed by atoms with van der Waals surface area (Å²) in [7, 11) is 0. The maximum Gasteiger partial charge on any atom is 0.278 e. The first-order valence-corrected chi connectivity index (χ1v) is 9.41. The summed E-state index contributed by atoms with van der Waals surface area (Å²) in [4.78, 5) is 12.7. The zero-order valence-electron chi connectivity index (χ0n) is 16.3. The van der Waals surface area contributed by atoms with Crippen LogP contribution in [0.25, 0.3) is 11.1 Å². The van der Waals surface area contributed by atoms with Gasteiger partial charge in [0.2, 0.25) is 0 Å². The van der Waals surface area contributed by atoms with E-state index in [1.165, 1.54) is 12.1 Å². The fourth-order valence-electron chi connectivity index (χ4n) is 3.02. The summed E-state index contributed by atoms with van der Waals surface area (Å²) in [6, 6.07) is 23.5. The fourth-order valence-corrected chi connectivity index (χ4v) is 3.02. The number of hydrogen-bond acceptors (Lipinski definition) is 4. The SMILES string of the molecule is Cc1onc(C(=O)Nc2ccc(-c3ccccc3)cc2)c1COc1ccccc1F. The van der Waals surface area contributed by atoms with Gasteiger partial charge >= 0.3 is 0 Å². The second kappa shape index (κ2) is 8.61. The average Bonchev–Trinajstić information content (AvgIpc) is 3.15. The lowest BCUT2D eigenvalue weighted by Gasteiger charge is -2.08. The molecule has 0 saturated heterocycles. The van der Waals surface area contributed by atoms with Crippen molar-refractivity contribution < 1.29 is 18.4 Å². The predicted molar refractivity (Wildman–Crippen MR) is 112 cm³/mol. The van der Waals surface area contributed by atoms with Crippen LogP contribution in [0.1, 0.15) is 21.8 Å². The van der Waals surface area contributed by atoms with Gasteiger partial charge in [0.05, 0.1) is 5.56 Å². The number of anilines is 1. The first-order chi connectivity index (χ1) is 14.6. The third-order valence-corrected chi connectivity index (χ3v) is 4.66. The third kappa shape index (κ3) is 4.22. The van der Waals surface area contributed by atoms with Crippen LogP contribution in [0, 0.1) is 12.7 Å². The fraction of sp³-hybridized carbons (Fsp3) is 0.0833. The molecule has 0 fully saturated rings. The summed E-state index contributed by atoms with van der Waals surface area (Å²) in [5.74, 6) is -0.362. The molecule has 6 heteroatoms. The minimum absolute atomic E-state index is 0.0357. The van der Waals surface area contributed by atoms with Crippen molar-refractivity contribution in [2.75, 3.05) is 5.32 Å². The number of carbonyl (C=O) groups is 1. The molecule has 5 nitrogen and oxygen atoms in total. The topological polar surface area (TPSA) is 64.4 Å². The lowest BCUT2D eigenvalue weighted by atomic mass is 10.1. The average molecular weight is 402 g/mol. The van der Waals surface area contributed by atoms with Crippen molar-refractivity contribution >= 4 is 11.6 Å². The summed E-state index contributed by atoms with van der Waals surface area (Å²) in [6.07, 6.45) is 0. The van der Waals surface area contributed by atoms with Gasteiger partial charge in [0.15, 0.2) is 17.3 Å². The van der Waals surface area contributed by atoms with Crippen LogP contribution in [0.15, 0.2) is 83.4 Å². The van der Waals surface area contributed by atoms with E-state index in [-0.39, 0.29) is 18.1 Å². The van der Waals surface area contributed by atoms with Gasteiger partial charge in [0, 0.05) is 5.69 Å². The molecule has 0 saturated carbocycles. The molecule has 0 aliphatic heterocycles. The van der Waals surface area contributed by atoms with Gasteiger partial charge in [-0.05, 0) is 42.3 Å². The summed E-state index contributed by atoms with van der Waals surface area (Å²) < 4.78 is 24.5. The number of aromatic nitrogens is 1. The lowest BCUT2D eigenvalue weighted by molar-refractivity contribution is 0.101. The predicted octanol–water partition coefficient (Wildman–Crippen LogP) is 5.62. The molecule has 0 aliphatic carbocycles. The standard InChI is InChI=1S/C24H19FN2O3/c1-16-20(15-29-22-10-6-5-9-21(22)25)23(27-30-16)24(28)26-19-13-11-18(12-14-19)17-7-3-2-4-8-17/h2-14H,15H2,1H3,(H,26,28). The Hall–Kier alpha value is -3.93. The molecule has 4 rings (SSSR count).